The molecule has 1 saturated carbocycles. The predicted octanol–water partition coefficient (Wildman–Crippen LogP) is 4.59. The second kappa shape index (κ2) is 8.54. The summed E-state index contributed by atoms with van der Waals surface area (Å²) < 4.78 is 7.57. The van der Waals surface area contributed by atoms with Crippen molar-refractivity contribution >= 4 is 5.78 Å². The Bertz CT molecular complexity index is 740. The first-order chi connectivity index (χ1) is 12.6. The maximum atomic E-state index is 12.7. The molecule has 2 aromatic rings. The van der Waals surface area contributed by atoms with Crippen molar-refractivity contribution in [2.24, 2.45) is 0 Å². The van der Waals surface area contributed by atoms with Gasteiger partial charge in [-0.15, -0.1) is 0 Å². The van der Waals surface area contributed by atoms with Crippen LogP contribution in [0, 0.1) is 13.8 Å². The lowest BCUT2D eigenvalue weighted by Gasteiger charge is -2.26. The first-order valence-electron chi connectivity index (χ1n) is 9.65. The van der Waals surface area contributed by atoms with Gasteiger partial charge >= 0.3 is 0 Å². The molecule has 0 amide bonds. The highest BCUT2D eigenvalue weighted by Crippen LogP contribution is 2.32. The molecule has 4 heteroatoms. The van der Waals surface area contributed by atoms with E-state index in [2.05, 4.69) is 29.8 Å². The molecule has 26 heavy (non-hydrogen) atoms. The third-order valence-electron chi connectivity index (χ3n) is 5.50. The van der Waals surface area contributed by atoms with Crippen LogP contribution in [0.2, 0.25) is 0 Å². The van der Waals surface area contributed by atoms with Crippen molar-refractivity contribution < 1.29 is 9.53 Å². The topological polar surface area (TPSA) is 43.3 Å². The Balaban J connectivity index is 1.60. The zero-order chi connectivity index (χ0) is 18.5. The number of nitrogens with one attached hydrogen (secondary N) is 1. The zero-order valence-electron chi connectivity index (χ0n) is 16.2. The number of rotatable bonds is 7. The summed E-state index contributed by atoms with van der Waals surface area (Å²) >= 11 is 0. The third-order valence-corrected chi connectivity index (χ3v) is 5.50. The number of aromatic nitrogens is 1. The number of nitrogens with zero attached hydrogens (tertiary/aromatic N) is 1. The molecular formula is C22H30N2O2. The molecule has 1 aliphatic carbocycles. The lowest BCUT2D eigenvalue weighted by Crippen LogP contribution is -2.23. The van der Waals surface area contributed by atoms with Crippen molar-refractivity contribution in [1.29, 1.82) is 0 Å². The number of Topliss-reactive ketones (excluding diaryl/α,β-unsaturated/α-hetero) is 1. The molecule has 3 rings (SSSR count). The Morgan fingerprint density at radius 1 is 1.15 bits per heavy atom. The highest BCUT2D eigenvalue weighted by Gasteiger charge is 2.22. The number of ether oxygens (including phenoxy) is 1. The second-order valence-corrected chi connectivity index (χ2v) is 7.32. The van der Waals surface area contributed by atoms with E-state index in [0.717, 1.165) is 22.6 Å². The molecule has 0 radical (unpaired) electrons. The van der Waals surface area contributed by atoms with E-state index in [4.69, 9.17) is 4.74 Å². The van der Waals surface area contributed by atoms with Gasteiger partial charge < -0.3 is 14.6 Å². The van der Waals surface area contributed by atoms with Gasteiger partial charge in [0.15, 0.2) is 5.78 Å². The van der Waals surface area contributed by atoms with Crippen molar-refractivity contribution in [3.8, 4) is 5.75 Å². The molecule has 1 aromatic heterocycles. The van der Waals surface area contributed by atoms with Crippen LogP contribution in [-0.4, -0.2) is 24.0 Å². The fraction of sp³-hybridized carbons (Fsp3) is 0.500. The van der Waals surface area contributed by atoms with Crippen molar-refractivity contribution in [1.82, 2.24) is 9.88 Å². The van der Waals surface area contributed by atoms with Crippen LogP contribution in [-0.2, 0) is 6.54 Å². The third kappa shape index (κ3) is 4.18. The maximum Gasteiger partial charge on any atom is 0.178 e. The molecule has 0 spiro atoms. The minimum Gasteiger partial charge on any atom is -0.497 e. The molecule has 0 atom stereocenters. The molecule has 0 aliphatic heterocycles. The molecule has 1 fully saturated rings. The number of carbonyl (C=O) groups is 1. The number of ketones is 1. The van der Waals surface area contributed by atoms with Crippen LogP contribution in [0.4, 0.5) is 0 Å². The largest absolute Gasteiger partial charge is 0.497 e. The van der Waals surface area contributed by atoms with Crippen LogP contribution in [0.25, 0.3) is 0 Å². The van der Waals surface area contributed by atoms with Crippen LogP contribution < -0.4 is 10.1 Å². The SMILES string of the molecule is COc1ccc(CNCC(=O)c2cc(C)n(C3CCCCC3)c2C)cc1. The first-order valence-corrected chi connectivity index (χ1v) is 9.65. The van der Waals surface area contributed by atoms with Gasteiger partial charge in [0, 0.05) is 29.5 Å². The van der Waals surface area contributed by atoms with Gasteiger partial charge in [-0.1, -0.05) is 31.4 Å². The van der Waals surface area contributed by atoms with Crippen molar-refractivity contribution in [3.05, 3.63) is 52.8 Å². The zero-order valence-corrected chi connectivity index (χ0v) is 16.2. The van der Waals surface area contributed by atoms with E-state index in [1.807, 2.05) is 24.3 Å². The van der Waals surface area contributed by atoms with Gasteiger partial charge in [-0.25, -0.2) is 0 Å². The highest BCUT2D eigenvalue weighted by atomic mass is 16.5. The summed E-state index contributed by atoms with van der Waals surface area (Å²) in [5.41, 5.74) is 4.36. The first kappa shape index (κ1) is 18.7. The Kier molecular flexibility index (Phi) is 6.15. The van der Waals surface area contributed by atoms with Gasteiger partial charge in [-0.3, -0.25) is 4.79 Å². The number of hydrogen-bond donors (Lipinski definition) is 1. The number of carbonyl (C=O) groups excluding carboxylic acids is 1. The van der Waals surface area contributed by atoms with Crippen LogP contribution in [0.3, 0.4) is 0 Å². The summed E-state index contributed by atoms with van der Waals surface area (Å²) in [5.74, 6) is 1.02. The van der Waals surface area contributed by atoms with Gasteiger partial charge in [0.2, 0.25) is 0 Å². The van der Waals surface area contributed by atoms with E-state index >= 15 is 0 Å². The van der Waals surface area contributed by atoms with Crippen LogP contribution in [0.5, 0.6) is 5.75 Å². The molecular weight excluding hydrogens is 324 g/mol. The summed E-state index contributed by atoms with van der Waals surface area (Å²) in [6, 6.07) is 10.6. The average Bonchev–Trinajstić information content (AvgIpc) is 2.97. The Morgan fingerprint density at radius 2 is 1.85 bits per heavy atom. The van der Waals surface area contributed by atoms with Crippen molar-refractivity contribution in [2.75, 3.05) is 13.7 Å². The number of hydrogen-bond acceptors (Lipinski definition) is 3. The minimum absolute atomic E-state index is 0.175. The smallest absolute Gasteiger partial charge is 0.178 e. The molecule has 0 unspecified atom stereocenters. The van der Waals surface area contributed by atoms with E-state index in [-0.39, 0.29) is 5.78 Å². The van der Waals surface area contributed by atoms with Crippen molar-refractivity contribution in [3.63, 3.8) is 0 Å². The molecule has 4 nitrogen and oxygen atoms in total. The lowest BCUT2D eigenvalue weighted by molar-refractivity contribution is 0.0990. The number of aryl methyl sites for hydroxylation is 1. The monoisotopic (exact) mass is 354 g/mol. The standard InChI is InChI=1S/C22H30N2O2/c1-16-13-21(17(2)24(16)19-7-5-4-6-8-19)22(25)15-23-14-18-9-11-20(26-3)12-10-18/h9-13,19,23H,4-8,14-15H2,1-3H3. The second-order valence-electron chi connectivity index (χ2n) is 7.32. The predicted molar refractivity (Wildman–Crippen MR) is 105 cm³/mol. The molecule has 140 valence electrons. The van der Waals surface area contributed by atoms with E-state index in [9.17, 15) is 4.79 Å². The fourth-order valence-electron chi connectivity index (χ4n) is 4.12. The lowest BCUT2D eigenvalue weighted by atomic mass is 9.95. The molecule has 1 heterocycles. The fourth-order valence-corrected chi connectivity index (χ4v) is 4.12. The van der Waals surface area contributed by atoms with Gasteiger partial charge in [-0.2, -0.15) is 0 Å². The summed E-state index contributed by atoms with van der Waals surface area (Å²) in [7, 11) is 1.66. The summed E-state index contributed by atoms with van der Waals surface area (Å²) in [5, 5.41) is 3.27. The summed E-state index contributed by atoms with van der Waals surface area (Å²) in [6.45, 7) is 5.26. The summed E-state index contributed by atoms with van der Waals surface area (Å²) in [4.78, 5) is 12.7. The average molecular weight is 354 g/mol. The molecule has 0 saturated heterocycles. The van der Waals surface area contributed by atoms with Crippen LogP contribution in [0.1, 0.15) is 65.5 Å². The summed E-state index contributed by atoms with van der Waals surface area (Å²) in [6.07, 6.45) is 6.42. The molecule has 1 aromatic carbocycles. The number of methoxy groups -OCH3 is 1. The van der Waals surface area contributed by atoms with Crippen molar-refractivity contribution in [2.45, 2.75) is 58.5 Å². The van der Waals surface area contributed by atoms with Crippen LogP contribution in [0.15, 0.2) is 30.3 Å². The quantitative estimate of drug-likeness (QED) is 0.740. The van der Waals surface area contributed by atoms with Gasteiger partial charge in [-0.05, 0) is 50.5 Å². The molecule has 1 N–H and O–H groups in total. The normalized spacial score (nSPS) is 15.2. The Hall–Kier alpha value is -2.07. The van der Waals surface area contributed by atoms with E-state index in [1.54, 1.807) is 7.11 Å². The maximum absolute atomic E-state index is 12.7. The van der Waals surface area contributed by atoms with E-state index in [0.29, 0.717) is 19.1 Å². The Morgan fingerprint density at radius 3 is 2.50 bits per heavy atom. The van der Waals surface area contributed by atoms with Gasteiger partial charge in [0.05, 0.1) is 13.7 Å². The van der Waals surface area contributed by atoms with E-state index in [1.165, 1.54) is 37.8 Å². The minimum atomic E-state index is 0.175. The van der Waals surface area contributed by atoms with Crippen LogP contribution >= 0.6 is 0 Å². The number of benzene rings is 1. The highest BCUT2D eigenvalue weighted by molar-refractivity contribution is 5.99. The molecule has 1 aliphatic rings. The van der Waals surface area contributed by atoms with Gasteiger partial charge in [0.25, 0.3) is 0 Å². The van der Waals surface area contributed by atoms with E-state index < -0.39 is 0 Å². The Labute approximate surface area is 156 Å². The molecule has 0 bridgehead atoms. The van der Waals surface area contributed by atoms with Gasteiger partial charge in [0.1, 0.15) is 5.75 Å².